The number of ether oxygens (including phenoxy) is 1. The Kier molecular flexibility index (Phi) is 8.81. The van der Waals surface area contributed by atoms with Crippen LogP contribution in [0, 0.1) is 6.92 Å². The Labute approximate surface area is 272 Å². The maximum Gasteiger partial charge on any atom is 0.267 e. The van der Waals surface area contributed by atoms with Crippen molar-refractivity contribution in [1.82, 2.24) is 18.7 Å². The van der Waals surface area contributed by atoms with Crippen molar-refractivity contribution in [2.24, 2.45) is 0 Å². The summed E-state index contributed by atoms with van der Waals surface area (Å²) in [7, 11) is -1.75. The molecule has 0 radical (unpaired) electrons. The topological polar surface area (TPSA) is 75.1 Å². The van der Waals surface area contributed by atoms with Crippen LogP contribution >= 0.6 is 0 Å². The van der Waals surface area contributed by atoms with Gasteiger partial charge in [0.05, 0.1) is 17.1 Å². The highest BCUT2D eigenvalue weighted by atomic mass is 32.2. The zero-order chi connectivity index (χ0) is 32.6. The lowest BCUT2D eigenvalue weighted by atomic mass is 9.94. The second-order valence-corrected chi connectivity index (χ2v) is 14.4. The standard InChI is InChI=1S/C37H42N4O4S/c1-26-6-16-34(17-7-26)46(43,44)41-19-18-35-36(24-38(5)25-37(35)41)32-10-8-30(9-11-32)31-12-14-33(15-13-31)45-21-20-40-27(2)22-39(29(4)42)23-28(40)3/h6-19,24,27-28H,20-23,25H2,1-5H3/t27-,28+. The van der Waals surface area contributed by atoms with Crippen molar-refractivity contribution in [3.63, 3.8) is 0 Å². The summed E-state index contributed by atoms with van der Waals surface area (Å²) in [5.41, 5.74) is 6.88. The highest BCUT2D eigenvalue weighted by molar-refractivity contribution is 7.90. The third kappa shape index (κ3) is 6.34. The fourth-order valence-corrected chi connectivity index (χ4v) is 7.98. The fourth-order valence-electron chi connectivity index (χ4n) is 6.61. The summed E-state index contributed by atoms with van der Waals surface area (Å²) in [6.07, 6.45) is 3.75. The van der Waals surface area contributed by atoms with Gasteiger partial charge in [-0.2, -0.15) is 0 Å². The molecule has 0 spiro atoms. The molecular weight excluding hydrogens is 596 g/mol. The highest BCUT2D eigenvalue weighted by Crippen LogP contribution is 2.35. The smallest absolute Gasteiger partial charge is 0.267 e. The van der Waals surface area contributed by atoms with Crippen molar-refractivity contribution in [1.29, 1.82) is 0 Å². The first-order chi connectivity index (χ1) is 22.0. The quantitative estimate of drug-likeness (QED) is 0.241. The Morgan fingerprint density at radius 1 is 0.848 bits per heavy atom. The van der Waals surface area contributed by atoms with E-state index in [4.69, 9.17) is 4.74 Å². The molecule has 2 aliphatic heterocycles. The molecule has 1 fully saturated rings. The number of hydrogen-bond acceptors (Lipinski definition) is 6. The molecule has 3 aromatic carbocycles. The van der Waals surface area contributed by atoms with Gasteiger partial charge < -0.3 is 14.5 Å². The van der Waals surface area contributed by atoms with Gasteiger partial charge in [0.25, 0.3) is 10.0 Å². The van der Waals surface area contributed by atoms with Gasteiger partial charge in [-0.15, -0.1) is 0 Å². The summed E-state index contributed by atoms with van der Waals surface area (Å²) in [6, 6.07) is 26.0. The molecule has 8 nitrogen and oxygen atoms in total. The Morgan fingerprint density at radius 2 is 1.43 bits per heavy atom. The number of aromatic nitrogens is 1. The molecule has 3 heterocycles. The Bertz CT molecular complexity index is 1830. The van der Waals surface area contributed by atoms with Crippen LogP contribution in [-0.2, 0) is 21.4 Å². The predicted octanol–water partition coefficient (Wildman–Crippen LogP) is 5.86. The lowest BCUT2D eigenvalue weighted by Gasteiger charge is -2.44. The molecule has 0 saturated carbocycles. The average Bonchev–Trinajstić information content (AvgIpc) is 3.47. The minimum absolute atomic E-state index is 0.138. The third-order valence-corrected chi connectivity index (χ3v) is 10.8. The van der Waals surface area contributed by atoms with Gasteiger partial charge in [-0.1, -0.05) is 54.1 Å². The molecule has 4 aromatic rings. The van der Waals surface area contributed by atoms with Crippen LogP contribution in [0.1, 0.15) is 43.2 Å². The van der Waals surface area contributed by atoms with Gasteiger partial charge in [-0.25, -0.2) is 12.4 Å². The fraction of sp³-hybridized carbons (Fsp3) is 0.324. The molecule has 2 aliphatic rings. The molecular formula is C37H42N4O4S. The largest absolute Gasteiger partial charge is 0.492 e. The van der Waals surface area contributed by atoms with Crippen LogP contribution < -0.4 is 4.74 Å². The zero-order valence-electron chi connectivity index (χ0n) is 27.2. The second-order valence-electron chi connectivity index (χ2n) is 12.6. The van der Waals surface area contributed by atoms with Crippen molar-refractivity contribution in [2.75, 3.05) is 33.3 Å². The van der Waals surface area contributed by atoms with Crippen LogP contribution in [0.15, 0.2) is 96.2 Å². The van der Waals surface area contributed by atoms with E-state index in [1.54, 1.807) is 25.3 Å². The summed E-state index contributed by atoms with van der Waals surface area (Å²) < 4.78 is 34.6. The van der Waals surface area contributed by atoms with Gasteiger partial charge in [0, 0.05) is 69.2 Å². The van der Waals surface area contributed by atoms with Gasteiger partial charge >= 0.3 is 0 Å². The summed E-state index contributed by atoms with van der Waals surface area (Å²) in [4.78, 5) is 18.5. The maximum atomic E-state index is 13.5. The van der Waals surface area contributed by atoms with Crippen molar-refractivity contribution in [3.8, 4) is 16.9 Å². The first-order valence-electron chi connectivity index (χ1n) is 15.8. The minimum atomic E-state index is -3.71. The third-order valence-electron chi connectivity index (χ3n) is 9.12. The van der Waals surface area contributed by atoms with Gasteiger partial charge in [0.1, 0.15) is 12.4 Å². The van der Waals surface area contributed by atoms with Crippen LogP contribution in [0.5, 0.6) is 5.75 Å². The Morgan fingerprint density at radius 3 is 2.04 bits per heavy atom. The predicted molar refractivity (Wildman–Crippen MR) is 182 cm³/mol. The van der Waals surface area contributed by atoms with E-state index in [1.165, 1.54) is 3.97 Å². The van der Waals surface area contributed by atoms with Crippen molar-refractivity contribution in [2.45, 2.75) is 51.2 Å². The monoisotopic (exact) mass is 638 g/mol. The number of piperazine rings is 1. The van der Waals surface area contributed by atoms with Gasteiger partial charge in [-0.05, 0) is 67.8 Å². The van der Waals surface area contributed by atoms with Gasteiger partial charge in [0.2, 0.25) is 5.91 Å². The summed E-state index contributed by atoms with van der Waals surface area (Å²) >= 11 is 0. The van der Waals surface area contributed by atoms with Crippen molar-refractivity contribution in [3.05, 3.63) is 114 Å². The number of nitrogens with zero attached hydrogens (tertiary/aromatic N) is 4. The van der Waals surface area contributed by atoms with Crippen LogP contribution in [-0.4, -0.2) is 78.4 Å². The number of benzene rings is 3. The molecule has 1 amide bonds. The van der Waals surface area contributed by atoms with Gasteiger partial charge in [-0.3, -0.25) is 9.69 Å². The lowest BCUT2D eigenvalue weighted by Crippen LogP contribution is -2.58. The number of aryl methyl sites for hydroxylation is 1. The number of rotatable bonds is 8. The van der Waals surface area contributed by atoms with E-state index >= 15 is 0 Å². The van der Waals surface area contributed by atoms with E-state index in [2.05, 4.69) is 61.3 Å². The number of amides is 1. The summed E-state index contributed by atoms with van der Waals surface area (Å²) in [5, 5.41) is 0. The van der Waals surface area contributed by atoms with Crippen LogP contribution in [0.25, 0.3) is 16.7 Å². The molecule has 1 aromatic heterocycles. The first-order valence-corrected chi connectivity index (χ1v) is 17.2. The van der Waals surface area contributed by atoms with Crippen molar-refractivity contribution >= 4 is 21.5 Å². The van der Waals surface area contributed by atoms with Crippen molar-refractivity contribution < 1.29 is 17.9 Å². The number of fused-ring (bicyclic) bond motifs is 1. The Hall–Kier alpha value is -4.34. The van der Waals surface area contributed by atoms with Crippen LogP contribution in [0.3, 0.4) is 0 Å². The molecule has 0 N–H and O–H groups in total. The van der Waals surface area contributed by atoms with E-state index < -0.39 is 10.0 Å². The molecule has 0 aliphatic carbocycles. The molecule has 0 unspecified atom stereocenters. The van der Waals surface area contributed by atoms with Gasteiger partial charge in [0.15, 0.2) is 0 Å². The molecule has 2 atom stereocenters. The first kappa shape index (κ1) is 31.6. The SMILES string of the molecule is CC(=O)N1C[C@@H](C)N(CCOc2ccc(-c3ccc(C4=CN(C)Cc5c4ccn5S(=O)(=O)c4ccc(C)cc4)cc3)cc2)[C@@H](C)C1. The van der Waals surface area contributed by atoms with E-state index in [0.29, 0.717) is 25.2 Å². The summed E-state index contributed by atoms with van der Waals surface area (Å²) in [5.74, 6) is 0.968. The lowest BCUT2D eigenvalue weighted by molar-refractivity contribution is -0.133. The van der Waals surface area contributed by atoms with E-state index in [9.17, 15) is 13.2 Å². The molecule has 9 heteroatoms. The Balaban J connectivity index is 1.12. The van der Waals surface area contributed by atoms with E-state index in [-0.39, 0.29) is 10.8 Å². The number of carbonyl (C=O) groups excluding carboxylic acids is 1. The highest BCUT2D eigenvalue weighted by Gasteiger charge is 2.30. The van der Waals surface area contributed by atoms with E-state index in [0.717, 1.165) is 64.5 Å². The van der Waals surface area contributed by atoms with Crippen LogP contribution in [0.2, 0.25) is 0 Å². The molecule has 240 valence electrons. The minimum Gasteiger partial charge on any atom is -0.492 e. The van der Waals surface area contributed by atoms with Crippen LogP contribution in [0.4, 0.5) is 0 Å². The second kappa shape index (κ2) is 12.8. The maximum absolute atomic E-state index is 13.5. The molecule has 1 saturated heterocycles. The normalized spacial score (nSPS) is 18.7. The molecule has 46 heavy (non-hydrogen) atoms. The molecule has 0 bridgehead atoms. The summed E-state index contributed by atoms with van der Waals surface area (Å²) in [6.45, 7) is 11.3. The van der Waals surface area contributed by atoms with E-state index in [1.807, 2.05) is 54.1 Å². The average molecular weight is 639 g/mol. The molecule has 6 rings (SSSR count). The number of carbonyl (C=O) groups is 1. The number of hydrogen-bond donors (Lipinski definition) is 0. The zero-order valence-corrected chi connectivity index (χ0v) is 28.0.